The third kappa shape index (κ3) is 4.60. The lowest BCUT2D eigenvalue weighted by Gasteiger charge is -2.20. The Morgan fingerprint density at radius 2 is 2.00 bits per heavy atom. The molecule has 0 fully saturated rings. The monoisotopic (exact) mass is 287 g/mol. The molecule has 0 aliphatic heterocycles. The molecule has 0 amide bonds. The van der Waals surface area contributed by atoms with E-state index in [9.17, 15) is 0 Å². The Morgan fingerprint density at radius 3 is 2.71 bits per heavy atom. The molecule has 0 unspecified atom stereocenters. The van der Waals surface area contributed by atoms with Gasteiger partial charge in [0.2, 0.25) is 0 Å². The summed E-state index contributed by atoms with van der Waals surface area (Å²) < 4.78 is 7.25. The molecule has 0 aliphatic rings. The van der Waals surface area contributed by atoms with Crippen molar-refractivity contribution in [1.29, 1.82) is 0 Å². The van der Waals surface area contributed by atoms with Crippen molar-refractivity contribution >= 4 is 0 Å². The van der Waals surface area contributed by atoms with E-state index in [4.69, 9.17) is 4.74 Å². The second-order valence-electron chi connectivity index (χ2n) is 6.25. The predicted octanol–water partition coefficient (Wildman–Crippen LogP) is 3.20. The average Bonchev–Trinajstić information content (AvgIpc) is 2.91. The van der Waals surface area contributed by atoms with Gasteiger partial charge in [-0.2, -0.15) is 5.10 Å². The summed E-state index contributed by atoms with van der Waals surface area (Å²) in [4.78, 5) is 0. The first-order valence-corrected chi connectivity index (χ1v) is 7.41. The zero-order valence-corrected chi connectivity index (χ0v) is 13.4. The van der Waals surface area contributed by atoms with Crippen molar-refractivity contribution in [2.75, 3.05) is 13.7 Å². The Labute approximate surface area is 127 Å². The van der Waals surface area contributed by atoms with E-state index < -0.39 is 0 Å². The summed E-state index contributed by atoms with van der Waals surface area (Å²) in [5.74, 6) is 0.835. The molecule has 0 atom stereocenters. The lowest BCUT2D eigenvalue weighted by atomic mass is 10.1. The molecular weight excluding hydrogens is 262 g/mol. The lowest BCUT2D eigenvalue weighted by Crippen LogP contribution is -2.36. The van der Waals surface area contributed by atoms with E-state index in [-0.39, 0.29) is 5.54 Å². The van der Waals surface area contributed by atoms with E-state index in [1.165, 1.54) is 5.56 Å². The third-order valence-electron chi connectivity index (χ3n) is 3.27. The fourth-order valence-electron chi connectivity index (χ4n) is 2.20. The topological polar surface area (TPSA) is 39.1 Å². The SMILES string of the molecule is COc1ccccc1-n1cc(CCCNC(C)(C)C)cn1. The van der Waals surface area contributed by atoms with Crippen LogP contribution >= 0.6 is 0 Å². The van der Waals surface area contributed by atoms with Gasteiger partial charge >= 0.3 is 0 Å². The van der Waals surface area contributed by atoms with Crippen LogP contribution < -0.4 is 10.1 Å². The summed E-state index contributed by atoms with van der Waals surface area (Å²) in [6, 6.07) is 7.91. The number of hydrogen-bond acceptors (Lipinski definition) is 3. The van der Waals surface area contributed by atoms with E-state index in [0.717, 1.165) is 30.8 Å². The van der Waals surface area contributed by atoms with Gasteiger partial charge in [0.05, 0.1) is 13.3 Å². The van der Waals surface area contributed by atoms with Crippen LogP contribution in [0.15, 0.2) is 36.7 Å². The molecule has 4 nitrogen and oxygen atoms in total. The first-order valence-electron chi connectivity index (χ1n) is 7.41. The van der Waals surface area contributed by atoms with Crippen LogP contribution in [-0.2, 0) is 6.42 Å². The van der Waals surface area contributed by atoms with Crippen molar-refractivity contribution in [3.63, 3.8) is 0 Å². The van der Waals surface area contributed by atoms with Crippen molar-refractivity contribution in [1.82, 2.24) is 15.1 Å². The van der Waals surface area contributed by atoms with Crippen molar-refractivity contribution in [3.05, 3.63) is 42.2 Å². The van der Waals surface area contributed by atoms with Crippen molar-refractivity contribution in [2.24, 2.45) is 0 Å². The molecule has 2 rings (SSSR count). The summed E-state index contributed by atoms with van der Waals surface area (Å²) >= 11 is 0. The van der Waals surface area contributed by atoms with E-state index >= 15 is 0 Å². The third-order valence-corrected chi connectivity index (χ3v) is 3.27. The van der Waals surface area contributed by atoms with Gasteiger partial charge in [0.15, 0.2) is 0 Å². The van der Waals surface area contributed by atoms with Gasteiger partial charge in [-0.1, -0.05) is 12.1 Å². The minimum atomic E-state index is 0.182. The summed E-state index contributed by atoms with van der Waals surface area (Å²) in [5, 5.41) is 7.94. The average molecular weight is 287 g/mol. The molecule has 0 aliphatic carbocycles. The Hall–Kier alpha value is -1.81. The molecule has 0 saturated carbocycles. The smallest absolute Gasteiger partial charge is 0.144 e. The quantitative estimate of drug-likeness (QED) is 0.829. The van der Waals surface area contributed by atoms with Gasteiger partial charge in [-0.25, -0.2) is 4.68 Å². The van der Waals surface area contributed by atoms with E-state index in [1.807, 2.05) is 35.1 Å². The number of ether oxygens (including phenoxy) is 1. The minimum absolute atomic E-state index is 0.182. The van der Waals surface area contributed by atoms with Crippen molar-refractivity contribution in [3.8, 4) is 11.4 Å². The number of para-hydroxylation sites is 2. The molecule has 1 N–H and O–H groups in total. The predicted molar refractivity (Wildman–Crippen MR) is 86.2 cm³/mol. The molecule has 1 aromatic heterocycles. The van der Waals surface area contributed by atoms with Crippen LogP contribution in [0.2, 0.25) is 0 Å². The number of aromatic nitrogens is 2. The largest absolute Gasteiger partial charge is 0.494 e. The van der Waals surface area contributed by atoms with Crippen LogP contribution in [0.25, 0.3) is 5.69 Å². The standard InChI is InChI=1S/C17H25N3O/c1-17(2,3)18-11-7-8-14-12-19-20(13-14)15-9-5-6-10-16(15)21-4/h5-6,9-10,12-13,18H,7-8,11H2,1-4H3. The number of benzene rings is 1. The molecule has 4 heteroatoms. The maximum Gasteiger partial charge on any atom is 0.144 e. The highest BCUT2D eigenvalue weighted by Crippen LogP contribution is 2.21. The number of nitrogens with zero attached hydrogens (tertiary/aromatic N) is 2. The van der Waals surface area contributed by atoms with Gasteiger partial charge < -0.3 is 10.1 Å². The fraction of sp³-hybridized carbons (Fsp3) is 0.471. The van der Waals surface area contributed by atoms with E-state index in [0.29, 0.717) is 0 Å². The summed E-state index contributed by atoms with van der Waals surface area (Å²) in [6.45, 7) is 7.58. The number of rotatable bonds is 6. The molecular formula is C17H25N3O. The lowest BCUT2D eigenvalue weighted by molar-refractivity contribution is 0.411. The molecule has 0 spiro atoms. The summed E-state index contributed by atoms with van der Waals surface area (Å²) in [7, 11) is 1.68. The summed E-state index contributed by atoms with van der Waals surface area (Å²) in [5.41, 5.74) is 2.40. The number of methoxy groups -OCH3 is 1. The Balaban J connectivity index is 1.95. The van der Waals surface area contributed by atoms with Gasteiger partial charge in [-0.3, -0.25) is 0 Å². The molecule has 1 heterocycles. The maximum absolute atomic E-state index is 5.37. The first-order chi connectivity index (χ1) is 9.99. The van der Waals surface area contributed by atoms with Gasteiger partial charge in [0, 0.05) is 11.7 Å². The number of nitrogens with one attached hydrogen (secondary N) is 1. The molecule has 21 heavy (non-hydrogen) atoms. The molecule has 2 aromatic rings. The zero-order valence-electron chi connectivity index (χ0n) is 13.4. The second-order valence-corrected chi connectivity index (χ2v) is 6.25. The zero-order chi connectivity index (χ0) is 15.3. The van der Waals surface area contributed by atoms with Crippen LogP contribution in [0.4, 0.5) is 0 Å². The number of hydrogen-bond donors (Lipinski definition) is 1. The van der Waals surface area contributed by atoms with Crippen molar-refractivity contribution in [2.45, 2.75) is 39.2 Å². The first kappa shape index (κ1) is 15.6. The van der Waals surface area contributed by atoms with Crippen LogP contribution in [0, 0.1) is 0 Å². The fourth-order valence-corrected chi connectivity index (χ4v) is 2.20. The van der Waals surface area contributed by atoms with Crippen LogP contribution in [0.3, 0.4) is 0 Å². The normalized spacial score (nSPS) is 11.6. The molecule has 1 aromatic carbocycles. The molecule has 0 saturated heterocycles. The van der Waals surface area contributed by atoms with Gasteiger partial charge in [0.1, 0.15) is 11.4 Å². The highest BCUT2D eigenvalue weighted by molar-refractivity contribution is 5.46. The number of aryl methyl sites for hydroxylation is 1. The van der Waals surface area contributed by atoms with Gasteiger partial charge in [-0.05, 0) is 57.9 Å². The van der Waals surface area contributed by atoms with Crippen molar-refractivity contribution < 1.29 is 4.74 Å². The molecule has 114 valence electrons. The van der Waals surface area contributed by atoms with E-state index in [1.54, 1.807) is 7.11 Å². The van der Waals surface area contributed by atoms with Crippen LogP contribution in [0.1, 0.15) is 32.8 Å². The second kappa shape index (κ2) is 6.76. The minimum Gasteiger partial charge on any atom is -0.494 e. The molecule has 0 bridgehead atoms. The Kier molecular flexibility index (Phi) is 5.02. The van der Waals surface area contributed by atoms with E-state index in [2.05, 4.69) is 37.4 Å². The van der Waals surface area contributed by atoms with Crippen LogP contribution in [-0.4, -0.2) is 29.0 Å². The Morgan fingerprint density at radius 1 is 1.24 bits per heavy atom. The maximum atomic E-state index is 5.37. The molecule has 0 radical (unpaired) electrons. The highest BCUT2D eigenvalue weighted by Gasteiger charge is 2.09. The highest BCUT2D eigenvalue weighted by atomic mass is 16.5. The van der Waals surface area contributed by atoms with Gasteiger partial charge in [-0.15, -0.1) is 0 Å². The van der Waals surface area contributed by atoms with Crippen LogP contribution in [0.5, 0.6) is 5.75 Å². The van der Waals surface area contributed by atoms with Gasteiger partial charge in [0.25, 0.3) is 0 Å². The Bertz CT molecular complexity index is 569. The summed E-state index contributed by atoms with van der Waals surface area (Å²) in [6.07, 6.45) is 6.14.